The van der Waals surface area contributed by atoms with Crippen molar-refractivity contribution in [3.63, 3.8) is 0 Å². The summed E-state index contributed by atoms with van der Waals surface area (Å²) < 4.78 is 11.6. The smallest absolute Gasteiger partial charge is 0.0741 e. The summed E-state index contributed by atoms with van der Waals surface area (Å²) >= 11 is 0. The van der Waals surface area contributed by atoms with Crippen LogP contribution in [0.2, 0.25) is 0 Å². The lowest BCUT2D eigenvalue weighted by molar-refractivity contribution is -0.152. The second kappa shape index (κ2) is 5.78. The number of hydrogen-bond donors (Lipinski definition) is 0. The van der Waals surface area contributed by atoms with Crippen molar-refractivity contribution in [2.75, 3.05) is 32.9 Å². The van der Waals surface area contributed by atoms with Gasteiger partial charge in [-0.2, -0.15) is 5.26 Å². The van der Waals surface area contributed by atoms with Gasteiger partial charge >= 0.3 is 0 Å². The van der Waals surface area contributed by atoms with Crippen LogP contribution in [-0.4, -0.2) is 49.5 Å². The van der Waals surface area contributed by atoms with Crippen LogP contribution in [-0.2, 0) is 9.47 Å². The third kappa shape index (κ3) is 2.94. The highest BCUT2D eigenvalue weighted by Gasteiger charge is 2.41. The molecule has 0 aromatic rings. The Balaban J connectivity index is 1.58. The van der Waals surface area contributed by atoms with Gasteiger partial charge < -0.3 is 14.4 Å². The van der Waals surface area contributed by atoms with Crippen molar-refractivity contribution in [3.05, 3.63) is 0 Å². The average Bonchev–Trinajstić information content (AvgIpc) is 2.48. The Morgan fingerprint density at radius 2 is 1.79 bits per heavy atom. The number of nitrogens with zero attached hydrogens (tertiary/aromatic N) is 2. The van der Waals surface area contributed by atoms with Gasteiger partial charge in [0, 0.05) is 31.8 Å². The van der Waals surface area contributed by atoms with Crippen LogP contribution < -0.4 is 0 Å². The molecular formula is C15H24N2O2. The summed E-state index contributed by atoms with van der Waals surface area (Å²) in [5, 5.41) is 8.98. The summed E-state index contributed by atoms with van der Waals surface area (Å²) in [6, 6.07) is 3.08. The minimum absolute atomic E-state index is 0.0905. The van der Waals surface area contributed by atoms with Crippen molar-refractivity contribution in [3.8, 4) is 6.07 Å². The third-order valence-electron chi connectivity index (χ3n) is 5.10. The fourth-order valence-electron chi connectivity index (χ4n) is 3.80. The summed E-state index contributed by atoms with van der Waals surface area (Å²) in [7, 11) is 0. The summed E-state index contributed by atoms with van der Waals surface area (Å²) in [6.07, 6.45) is 6.51. The second-order valence-corrected chi connectivity index (χ2v) is 6.23. The normalized spacial score (nSPS) is 33.1. The summed E-state index contributed by atoms with van der Waals surface area (Å²) in [5.74, 6) is 0.285. The molecule has 0 aromatic carbocycles. The van der Waals surface area contributed by atoms with Gasteiger partial charge in [-0.3, -0.25) is 0 Å². The molecule has 1 atom stereocenters. The van der Waals surface area contributed by atoms with Crippen molar-refractivity contribution in [2.24, 2.45) is 5.92 Å². The molecule has 3 aliphatic rings. The molecule has 0 radical (unpaired) electrons. The van der Waals surface area contributed by atoms with E-state index in [4.69, 9.17) is 14.7 Å². The molecule has 0 bridgehead atoms. The molecule has 3 rings (SSSR count). The quantitative estimate of drug-likeness (QED) is 0.726. The number of hydrogen-bond acceptors (Lipinski definition) is 4. The Morgan fingerprint density at radius 3 is 2.47 bits per heavy atom. The SMILES string of the molecule is N#CC1CCN(C2CCOC3(CCOCC3)C2)CC1. The molecule has 4 nitrogen and oxygen atoms in total. The lowest BCUT2D eigenvalue weighted by atomic mass is 9.82. The maximum absolute atomic E-state index is 8.98. The van der Waals surface area contributed by atoms with Crippen LogP contribution in [0.1, 0.15) is 38.5 Å². The van der Waals surface area contributed by atoms with Gasteiger partial charge in [-0.25, -0.2) is 0 Å². The number of piperidine rings is 1. The van der Waals surface area contributed by atoms with E-state index < -0.39 is 0 Å². The van der Waals surface area contributed by atoms with E-state index in [1.165, 1.54) is 0 Å². The molecule has 4 heteroatoms. The Bertz CT molecular complexity index is 333. The van der Waals surface area contributed by atoms with E-state index in [1.54, 1.807) is 0 Å². The van der Waals surface area contributed by atoms with E-state index in [2.05, 4.69) is 11.0 Å². The topological polar surface area (TPSA) is 45.5 Å². The Kier molecular flexibility index (Phi) is 4.07. The molecule has 106 valence electrons. The highest BCUT2D eigenvalue weighted by molar-refractivity contribution is 4.95. The fourth-order valence-corrected chi connectivity index (χ4v) is 3.80. The molecule has 3 heterocycles. The number of ether oxygens (including phenoxy) is 2. The maximum Gasteiger partial charge on any atom is 0.0741 e. The second-order valence-electron chi connectivity index (χ2n) is 6.23. The van der Waals surface area contributed by atoms with Gasteiger partial charge in [0.05, 0.1) is 11.7 Å². The maximum atomic E-state index is 8.98. The average molecular weight is 264 g/mol. The van der Waals surface area contributed by atoms with Crippen molar-refractivity contribution >= 4 is 0 Å². The van der Waals surface area contributed by atoms with Crippen LogP contribution in [0.3, 0.4) is 0 Å². The molecule has 0 aromatic heterocycles. The van der Waals surface area contributed by atoms with E-state index in [0.717, 1.165) is 71.4 Å². The Morgan fingerprint density at radius 1 is 1.05 bits per heavy atom. The predicted octanol–water partition coefficient (Wildman–Crippen LogP) is 1.95. The largest absolute Gasteiger partial charge is 0.381 e. The molecule has 0 N–H and O–H groups in total. The first-order chi connectivity index (χ1) is 9.31. The molecular weight excluding hydrogens is 240 g/mol. The summed E-state index contributed by atoms with van der Waals surface area (Å²) in [6.45, 7) is 4.78. The van der Waals surface area contributed by atoms with Gasteiger partial charge in [0.2, 0.25) is 0 Å². The van der Waals surface area contributed by atoms with E-state index in [0.29, 0.717) is 6.04 Å². The molecule has 19 heavy (non-hydrogen) atoms. The van der Waals surface area contributed by atoms with Crippen LogP contribution in [0.25, 0.3) is 0 Å². The Labute approximate surface area is 115 Å². The Hall–Kier alpha value is -0.630. The van der Waals surface area contributed by atoms with Gasteiger partial charge in [-0.15, -0.1) is 0 Å². The van der Waals surface area contributed by atoms with Crippen molar-refractivity contribution in [1.29, 1.82) is 5.26 Å². The molecule has 0 amide bonds. The van der Waals surface area contributed by atoms with Crippen LogP contribution in [0.4, 0.5) is 0 Å². The van der Waals surface area contributed by atoms with E-state index in [9.17, 15) is 0 Å². The molecule has 3 saturated heterocycles. The minimum Gasteiger partial charge on any atom is -0.381 e. The van der Waals surface area contributed by atoms with Crippen molar-refractivity contribution in [2.45, 2.75) is 50.2 Å². The highest BCUT2D eigenvalue weighted by Crippen LogP contribution is 2.36. The zero-order valence-electron chi connectivity index (χ0n) is 11.6. The minimum atomic E-state index is 0.0905. The third-order valence-corrected chi connectivity index (χ3v) is 5.10. The summed E-state index contributed by atoms with van der Waals surface area (Å²) in [4.78, 5) is 2.60. The predicted molar refractivity (Wildman–Crippen MR) is 71.7 cm³/mol. The molecule has 0 aliphatic carbocycles. The molecule has 0 saturated carbocycles. The van der Waals surface area contributed by atoms with Crippen molar-refractivity contribution < 1.29 is 9.47 Å². The fraction of sp³-hybridized carbons (Fsp3) is 0.933. The monoisotopic (exact) mass is 264 g/mol. The van der Waals surface area contributed by atoms with E-state index in [-0.39, 0.29) is 11.5 Å². The van der Waals surface area contributed by atoms with Crippen LogP contribution >= 0.6 is 0 Å². The standard InChI is InChI=1S/C15H24N2O2/c16-12-13-1-6-17(7-2-13)14-3-8-19-15(11-14)4-9-18-10-5-15/h13-14H,1-11H2. The first-order valence-corrected chi connectivity index (χ1v) is 7.67. The van der Waals surface area contributed by atoms with Crippen molar-refractivity contribution in [1.82, 2.24) is 4.90 Å². The number of nitriles is 1. The molecule has 1 spiro atoms. The molecule has 1 unspecified atom stereocenters. The van der Waals surface area contributed by atoms with E-state index >= 15 is 0 Å². The zero-order chi connectivity index (χ0) is 13.1. The van der Waals surface area contributed by atoms with Gasteiger partial charge in [0.25, 0.3) is 0 Å². The van der Waals surface area contributed by atoms with Gasteiger partial charge in [-0.1, -0.05) is 0 Å². The van der Waals surface area contributed by atoms with E-state index in [1.807, 2.05) is 0 Å². The van der Waals surface area contributed by atoms with Gasteiger partial charge in [0.1, 0.15) is 0 Å². The first kappa shape index (κ1) is 13.4. The lowest BCUT2D eigenvalue weighted by Crippen LogP contribution is -2.52. The van der Waals surface area contributed by atoms with Gasteiger partial charge in [-0.05, 0) is 51.6 Å². The number of rotatable bonds is 1. The lowest BCUT2D eigenvalue weighted by Gasteiger charge is -2.47. The molecule has 3 aliphatic heterocycles. The van der Waals surface area contributed by atoms with Crippen LogP contribution in [0.5, 0.6) is 0 Å². The zero-order valence-corrected chi connectivity index (χ0v) is 11.6. The summed E-state index contributed by atoms with van der Waals surface area (Å²) in [5.41, 5.74) is 0.0905. The van der Waals surface area contributed by atoms with Crippen LogP contribution in [0, 0.1) is 17.2 Å². The molecule has 3 fully saturated rings. The van der Waals surface area contributed by atoms with Gasteiger partial charge in [0.15, 0.2) is 0 Å². The first-order valence-electron chi connectivity index (χ1n) is 7.67. The number of likely N-dealkylation sites (tertiary alicyclic amines) is 1. The highest BCUT2D eigenvalue weighted by atomic mass is 16.5. The van der Waals surface area contributed by atoms with Crippen LogP contribution in [0.15, 0.2) is 0 Å².